The number of pyridine rings is 1. The largest absolute Gasteiger partial charge is 0.507 e. The molecule has 4 heterocycles. The van der Waals surface area contributed by atoms with E-state index in [4.69, 9.17) is 4.74 Å². The summed E-state index contributed by atoms with van der Waals surface area (Å²) in [6.45, 7) is 1.53. The number of carbonyl (C=O) groups excluding carboxylic acids is 2. The van der Waals surface area contributed by atoms with E-state index in [9.17, 15) is 14.7 Å². The molecule has 2 aliphatic heterocycles. The van der Waals surface area contributed by atoms with Crippen LogP contribution in [0.2, 0.25) is 0 Å². The van der Waals surface area contributed by atoms with E-state index >= 15 is 0 Å². The van der Waals surface area contributed by atoms with Gasteiger partial charge in [-0.1, -0.05) is 6.07 Å². The maximum Gasteiger partial charge on any atom is 0.235 e. The topological polar surface area (TPSA) is 87.9 Å². The number of allylic oxidation sites excluding steroid dienone is 1. The molecule has 2 aliphatic rings. The van der Waals surface area contributed by atoms with E-state index in [0.717, 1.165) is 48.2 Å². The standard InChI is InChI=1S/C25H26N4O4/c1-27(2)25(32)15-8-11-29(12-9-15)17-7-10-26-24-21(17)16(14-28(24)3)13-20-23(31)22-18(30)5-4-6-19(22)33-20/h4-7,10,13-15,30H,8-9,11-12H2,1-3H3/b20-13-. The van der Waals surface area contributed by atoms with Crippen LogP contribution in [-0.4, -0.2) is 58.4 Å². The second-order valence-electron chi connectivity index (χ2n) is 8.81. The zero-order chi connectivity index (χ0) is 23.3. The number of Topliss-reactive ketones (excluding diaryl/α,β-unsaturated/α-hetero) is 1. The van der Waals surface area contributed by atoms with Gasteiger partial charge in [0.2, 0.25) is 11.7 Å². The van der Waals surface area contributed by atoms with Gasteiger partial charge in [-0.15, -0.1) is 0 Å². The highest BCUT2D eigenvalue weighted by atomic mass is 16.5. The number of phenols is 1. The summed E-state index contributed by atoms with van der Waals surface area (Å²) in [6.07, 6.45) is 7.02. The highest BCUT2D eigenvalue weighted by molar-refractivity contribution is 6.17. The van der Waals surface area contributed by atoms with Gasteiger partial charge in [-0.25, -0.2) is 4.98 Å². The first-order valence-electron chi connectivity index (χ1n) is 11.0. The van der Waals surface area contributed by atoms with Gasteiger partial charge < -0.3 is 24.2 Å². The fourth-order valence-electron chi connectivity index (χ4n) is 4.78. The number of aromatic nitrogens is 2. The van der Waals surface area contributed by atoms with E-state index in [1.165, 1.54) is 6.07 Å². The monoisotopic (exact) mass is 446 g/mol. The number of carbonyl (C=O) groups is 2. The lowest BCUT2D eigenvalue weighted by Crippen LogP contribution is -2.40. The number of ketones is 1. The number of phenolic OH excluding ortho intramolecular Hbond substituents is 1. The van der Waals surface area contributed by atoms with Crippen molar-refractivity contribution in [1.29, 1.82) is 0 Å². The van der Waals surface area contributed by atoms with Crippen molar-refractivity contribution in [2.24, 2.45) is 13.0 Å². The van der Waals surface area contributed by atoms with Crippen molar-refractivity contribution in [2.45, 2.75) is 12.8 Å². The Morgan fingerprint density at radius 3 is 2.70 bits per heavy atom. The third-order valence-corrected chi connectivity index (χ3v) is 6.45. The summed E-state index contributed by atoms with van der Waals surface area (Å²) in [5.74, 6) is 0.326. The molecule has 8 heteroatoms. The molecule has 0 bridgehead atoms. The van der Waals surface area contributed by atoms with Crippen LogP contribution in [0.25, 0.3) is 17.1 Å². The minimum atomic E-state index is -0.339. The van der Waals surface area contributed by atoms with Crippen LogP contribution in [0.4, 0.5) is 5.69 Å². The van der Waals surface area contributed by atoms with E-state index in [-0.39, 0.29) is 34.7 Å². The molecule has 0 saturated carbocycles. The Morgan fingerprint density at radius 2 is 2.00 bits per heavy atom. The molecule has 8 nitrogen and oxygen atoms in total. The first-order valence-corrected chi connectivity index (χ1v) is 11.0. The van der Waals surface area contributed by atoms with Crippen molar-refractivity contribution < 1.29 is 19.4 Å². The van der Waals surface area contributed by atoms with Crippen LogP contribution in [0.15, 0.2) is 42.4 Å². The smallest absolute Gasteiger partial charge is 0.235 e. The molecule has 5 rings (SSSR count). The molecule has 3 aromatic rings. The van der Waals surface area contributed by atoms with Crippen LogP contribution in [0.5, 0.6) is 11.5 Å². The van der Waals surface area contributed by atoms with E-state index < -0.39 is 0 Å². The molecule has 0 unspecified atom stereocenters. The Kier molecular flexibility index (Phi) is 5.08. The van der Waals surface area contributed by atoms with Gasteiger partial charge in [0.25, 0.3) is 0 Å². The first kappa shape index (κ1) is 21.1. The van der Waals surface area contributed by atoms with Crippen LogP contribution >= 0.6 is 0 Å². The number of amides is 1. The number of hydrogen-bond acceptors (Lipinski definition) is 6. The third kappa shape index (κ3) is 3.51. The number of ether oxygens (including phenoxy) is 1. The van der Waals surface area contributed by atoms with E-state index in [1.54, 1.807) is 43.4 Å². The molecule has 1 fully saturated rings. The number of nitrogens with zero attached hydrogens (tertiary/aromatic N) is 4. The SMILES string of the molecule is CN(C)C(=O)C1CCN(c2ccnc3c2c(/C=C2\Oc4cccc(O)c4C2=O)cn3C)CC1. The van der Waals surface area contributed by atoms with E-state index in [2.05, 4.69) is 9.88 Å². The quantitative estimate of drug-likeness (QED) is 0.622. The van der Waals surface area contributed by atoms with Crippen molar-refractivity contribution in [3.8, 4) is 11.5 Å². The molecule has 0 atom stereocenters. The fraction of sp³-hybridized carbons (Fsp3) is 0.320. The number of rotatable bonds is 3. The summed E-state index contributed by atoms with van der Waals surface area (Å²) in [5.41, 5.74) is 2.83. The Balaban J connectivity index is 1.50. The zero-order valence-corrected chi connectivity index (χ0v) is 18.9. The summed E-state index contributed by atoms with van der Waals surface area (Å²) in [4.78, 5) is 33.8. The average Bonchev–Trinajstić information content (AvgIpc) is 3.30. The molecule has 0 aliphatic carbocycles. The lowest BCUT2D eigenvalue weighted by molar-refractivity contribution is -0.133. The Bertz CT molecular complexity index is 1300. The fourth-order valence-corrected chi connectivity index (χ4v) is 4.78. The molecule has 0 spiro atoms. The normalized spacial score (nSPS) is 17.5. The van der Waals surface area contributed by atoms with Gasteiger partial charge in [0, 0.05) is 69.2 Å². The lowest BCUT2D eigenvalue weighted by Gasteiger charge is -2.34. The van der Waals surface area contributed by atoms with Gasteiger partial charge in [0.15, 0.2) is 5.76 Å². The van der Waals surface area contributed by atoms with Gasteiger partial charge in [0.05, 0.1) is 0 Å². The molecular weight excluding hydrogens is 420 g/mol. The van der Waals surface area contributed by atoms with Crippen LogP contribution in [0, 0.1) is 5.92 Å². The number of fused-ring (bicyclic) bond motifs is 2. The van der Waals surface area contributed by atoms with Gasteiger partial charge >= 0.3 is 0 Å². The maximum atomic E-state index is 12.9. The summed E-state index contributed by atoms with van der Waals surface area (Å²) < 4.78 is 7.70. The van der Waals surface area contributed by atoms with E-state index in [1.807, 2.05) is 23.9 Å². The van der Waals surface area contributed by atoms with Crippen molar-refractivity contribution in [3.63, 3.8) is 0 Å². The number of anilines is 1. The minimum absolute atomic E-state index is 0.0432. The van der Waals surface area contributed by atoms with Crippen molar-refractivity contribution in [1.82, 2.24) is 14.5 Å². The molecule has 1 N–H and O–H groups in total. The Labute approximate surface area is 191 Å². The second-order valence-corrected chi connectivity index (χ2v) is 8.81. The molecule has 1 aromatic carbocycles. The average molecular weight is 447 g/mol. The number of aryl methyl sites for hydroxylation is 1. The van der Waals surface area contributed by atoms with Gasteiger partial charge in [-0.05, 0) is 37.1 Å². The molecule has 1 amide bonds. The van der Waals surface area contributed by atoms with E-state index in [0.29, 0.717) is 5.75 Å². The summed E-state index contributed by atoms with van der Waals surface area (Å²) in [7, 11) is 5.52. The van der Waals surface area contributed by atoms with Gasteiger partial charge in [-0.2, -0.15) is 0 Å². The van der Waals surface area contributed by atoms with Crippen molar-refractivity contribution >= 4 is 34.5 Å². The number of benzene rings is 1. The molecular formula is C25H26N4O4. The molecule has 1 saturated heterocycles. The second kappa shape index (κ2) is 7.95. The summed E-state index contributed by atoms with van der Waals surface area (Å²) in [6, 6.07) is 6.78. The van der Waals surface area contributed by atoms with Crippen LogP contribution < -0.4 is 9.64 Å². The predicted octanol–water partition coefficient (Wildman–Crippen LogP) is 3.20. The molecule has 33 heavy (non-hydrogen) atoms. The van der Waals surface area contributed by atoms with Gasteiger partial charge in [-0.3, -0.25) is 9.59 Å². The highest BCUT2D eigenvalue weighted by Crippen LogP contribution is 2.39. The van der Waals surface area contributed by atoms with Crippen molar-refractivity contribution in [3.05, 3.63) is 53.5 Å². The molecule has 0 radical (unpaired) electrons. The first-order chi connectivity index (χ1) is 15.8. The minimum Gasteiger partial charge on any atom is -0.507 e. The lowest BCUT2D eigenvalue weighted by atomic mass is 9.95. The maximum absolute atomic E-state index is 12.9. The van der Waals surface area contributed by atoms with Crippen LogP contribution in [-0.2, 0) is 11.8 Å². The van der Waals surface area contributed by atoms with Gasteiger partial charge in [0.1, 0.15) is 22.7 Å². The molecule has 2 aromatic heterocycles. The predicted molar refractivity (Wildman–Crippen MR) is 125 cm³/mol. The summed E-state index contributed by atoms with van der Waals surface area (Å²) in [5, 5.41) is 11.0. The van der Waals surface area contributed by atoms with Crippen LogP contribution in [0.1, 0.15) is 28.8 Å². The molecule has 170 valence electrons. The highest BCUT2D eigenvalue weighted by Gasteiger charge is 2.31. The van der Waals surface area contributed by atoms with Crippen LogP contribution in [0.3, 0.4) is 0 Å². The third-order valence-electron chi connectivity index (χ3n) is 6.45. The Hall–Kier alpha value is -3.81. The zero-order valence-electron chi connectivity index (χ0n) is 18.9. The Morgan fingerprint density at radius 1 is 1.24 bits per heavy atom. The number of aromatic hydroxyl groups is 1. The summed E-state index contributed by atoms with van der Waals surface area (Å²) >= 11 is 0. The number of piperidine rings is 1. The number of hydrogen-bond donors (Lipinski definition) is 1. The van der Waals surface area contributed by atoms with Crippen molar-refractivity contribution in [2.75, 3.05) is 32.1 Å².